The number of rotatable bonds is 18. The van der Waals surface area contributed by atoms with Gasteiger partial charge in [0, 0.05) is 13.1 Å². The monoisotopic (exact) mass is 523 g/mol. The molecule has 0 aliphatic carbocycles. The molecule has 38 heavy (non-hydrogen) atoms. The maximum atomic E-state index is 5.83. The van der Waals surface area contributed by atoms with Gasteiger partial charge in [-0.2, -0.15) is 10.2 Å². The topological polar surface area (TPSA) is 100 Å². The maximum Gasteiger partial charge on any atom is 0.234 e. The van der Waals surface area contributed by atoms with Crippen molar-refractivity contribution in [1.29, 1.82) is 0 Å². The van der Waals surface area contributed by atoms with Gasteiger partial charge in [0.1, 0.15) is 11.5 Å². The van der Waals surface area contributed by atoms with Gasteiger partial charge in [-0.15, -0.1) is 5.10 Å². The molecule has 0 radical (unpaired) electrons. The molecule has 3 N–H and O–H groups in total. The number of hydrogen-bond donors (Lipinski definition) is 2. The molecule has 0 unspecified atom stereocenters. The molecule has 0 fully saturated rings. The highest BCUT2D eigenvalue weighted by atomic mass is 16.5. The Morgan fingerprint density at radius 2 is 1.18 bits per heavy atom. The van der Waals surface area contributed by atoms with Crippen molar-refractivity contribution in [3.05, 3.63) is 59.7 Å². The summed E-state index contributed by atoms with van der Waals surface area (Å²) in [4.78, 5) is 4.78. The summed E-state index contributed by atoms with van der Waals surface area (Å²) < 4.78 is 11.6. The highest BCUT2D eigenvalue weighted by Crippen LogP contribution is 2.12. The average molecular weight is 524 g/mol. The Balaban J connectivity index is 1.69. The van der Waals surface area contributed by atoms with Gasteiger partial charge < -0.3 is 25.0 Å². The summed E-state index contributed by atoms with van der Waals surface area (Å²) in [5.41, 5.74) is 10.3. The normalized spacial score (nSPS) is 12.2. The van der Waals surface area contributed by atoms with Crippen LogP contribution >= 0.6 is 0 Å². The Labute approximate surface area is 228 Å². The molecule has 0 atom stereocenters. The number of nitrogens with one attached hydrogen (secondary N) is 1. The Morgan fingerprint density at radius 1 is 0.737 bits per heavy atom. The van der Waals surface area contributed by atoms with Gasteiger partial charge in [-0.05, 0) is 98.7 Å². The molecule has 2 aromatic carbocycles. The number of nitrogens with two attached hydrogens (primary N) is 1. The van der Waals surface area contributed by atoms with Crippen LogP contribution in [0.25, 0.3) is 0 Å². The molecule has 0 aliphatic rings. The molecule has 208 valence electrons. The van der Waals surface area contributed by atoms with E-state index in [1.54, 1.807) is 12.4 Å². The smallest absolute Gasteiger partial charge is 0.234 e. The van der Waals surface area contributed by atoms with Crippen LogP contribution in [0, 0.1) is 0 Å². The third-order valence-electron chi connectivity index (χ3n) is 6.09. The van der Waals surface area contributed by atoms with Gasteiger partial charge >= 0.3 is 0 Å². The number of hydrazone groups is 1. The van der Waals surface area contributed by atoms with Crippen LogP contribution in [0.15, 0.2) is 63.8 Å². The van der Waals surface area contributed by atoms with Crippen LogP contribution in [0.4, 0.5) is 0 Å². The molecule has 0 saturated carbocycles. The van der Waals surface area contributed by atoms with Gasteiger partial charge in [0.25, 0.3) is 0 Å². The van der Waals surface area contributed by atoms with Crippen LogP contribution in [-0.4, -0.2) is 80.7 Å². The van der Waals surface area contributed by atoms with Crippen molar-refractivity contribution < 1.29 is 9.47 Å². The first-order valence-corrected chi connectivity index (χ1v) is 13.6. The fourth-order valence-corrected chi connectivity index (χ4v) is 3.69. The highest BCUT2D eigenvalue weighted by molar-refractivity contribution is 5.84. The van der Waals surface area contributed by atoms with Crippen LogP contribution in [0.2, 0.25) is 0 Å². The van der Waals surface area contributed by atoms with Crippen molar-refractivity contribution >= 4 is 18.4 Å². The molecule has 0 spiro atoms. The lowest BCUT2D eigenvalue weighted by molar-refractivity contribution is 0.249. The molecule has 0 aromatic heterocycles. The lowest BCUT2D eigenvalue weighted by atomic mass is 10.2. The van der Waals surface area contributed by atoms with Gasteiger partial charge in [0.2, 0.25) is 5.96 Å². The van der Waals surface area contributed by atoms with Crippen molar-refractivity contribution in [3.8, 4) is 11.5 Å². The zero-order chi connectivity index (χ0) is 27.4. The van der Waals surface area contributed by atoms with E-state index in [0.717, 1.165) is 74.7 Å². The summed E-state index contributed by atoms with van der Waals surface area (Å²) in [6.07, 6.45) is 5.30. The molecule has 0 heterocycles. The van der Waals surface area contributed by atoms with Crippen LogP contribution in [-0.2, 0) is 0 Å². The molecule has 0 amide bonds. The first kappa shape index (κ1) is 30.8. The summed E-state index contributed by atoms with van der Waals surface area (Å²) >= 11 is 0. The molecule has 9 nitrogen and oxygen atoms in total. The average Bonchev–Trinajstić information content (AvgIpc) is 2.95. The zero-order valence-electron chi connectivity index (χ0n) is 23.5. The Bertz CT molecular complexity index is 967. The number of ether oxygens (including phenoxy) is 2. The minimum Gasteiger partial charge on any atom is -0.494 e. The van der Waals surface area contributed by atoms with Crippen molar-refractivity contribution in [2.45, 2.75) is 40.5 Å². The minimum absolute atomic E-state index is 0.0961. The van der Waals surface area contributed by atoms with E-state index < -0.39 is 0 Å². The summed E-state index contributed by atoms with van der Waals surface area (Å²) in [7, 11) is 0. The number of nitrogens with zero attached hydrogens (tertiary/aromatic N) is 5. The third-order valence-corrected chi connectivity index (χ3v) is 6.09. The zero-order valence-corrected chi connectivity index (χ0v) is 23.5. The van der Waals surface area contributed by atoms with Gasteiger partial charge in [0.05, 0.1) is 25.6 Å². The molecule has 0 bridgehead atoms. The first-order chi connectivity index (χ1) is 18.6. The van der Waals surface area contributed by atoms with Crippen LogP contribution < -0.4 is 20.6 Å². The number of benzene rings is 2. The van der Waals surface area contributed by atoms with E-state index in [9.17, 15) is 0 Å². The maximum absolute atomic E-state index is 5.83. The minimum atomic E-state index is 0.0961. The largest absolute Gasteiger partial charge is 0.494 e. The van der Waals surface area contributed by atoms with Crippen LogP contribution in [0.5, 0.6) is 11.5 Å². The second-order valence-corrected chi connectivity index (χ2v) is 8.70. The fourth-order valence-electron chi connectivity index (χ4n) is 3.69. The Hall–Kier alpha value is -3.43. The van der Waals surface area contributed by atoms with Gasteiger partial charge in [-0.1, -0.05) is 27.7 Å². The van der Waals surface area contributed by atoms with E-state index in [1.165, 1.54) is 0 Å². The lowest BCUT2D eigenvalue weighted by Crippen LogP contribution is -2.26. The number of hydrogen-bond acceptors (Lipinski definition) is 7. The van der Waals surface area contributed by atoms with E-state index in [-0.39, 0.29) is 5.96 Å². The molecule has 2 aromatic rings. The Morgan fingerprint density at radius 3 is 1.63 bits per heavy atom. The summed E-state index contributed by atoms with van der Waals surface area (Å²) in [5, 5.41) is 12.1. The quantitative estimate of drug-likeness (QED) is 0.132. The molecule has 2 rings (SSSR count). The van der Waals surface area contributed by atoms with Crippen molar-refractivity contribution in [2.24, 2.45) is 21.0 Å². The predicted octanol–water partition coefficient (Wildman–Crippen LogP) is 4.18. The second-order valence-electron chi connectivity index (χ2n) is 8.70. The summed E-state index contributed by atoms with van der Waals surface area (Å²) in [6, 6.07) is 15.5. The van der Waals surface area contributed by atoms with Crippen molar-refractivity contribution in [2.75, 3.05) is 52.5 Å². The standard InChI is InChI=1S/C29H45N7O2/c1-5-35(6-2)19-9-21-37-27-15-11-25(12-16-27)23-31-33-29(30)34-32-24-26-13-17-28(18-14-26)38-22-10-20-36(7-3)8-4/h11-18,23-24H,5-10,19-22H2,1-4H3,(H3,30,33,34)/b31-23+,32-24+. The van der Waals surface area contributed by atoms with E-state index in [2.05, 4.69) is 58.2 Å². The van der Waals surface area contributed by atoms with Crippen molar-refractivity contribution in [3.63, 3.8) is 0 Å². The molecule has 0 saturated heterocycles. The van der Waals surface area contributed by atoms with Crippen molar-refractivity contribution in [1.82, 2.24) is 15.2 Å². The van der Waals surface area contributed by atoms with E-state index in [4.69, 9.17) is 15.2 Å². The summed E-state index contributed by atoms with van der Waals surface area (Å²) in [5.74, 6) is 1.79. The van der Waals surface area contributed by atoms with Crippen LogP contribution in [0.1, 0.15) is 51.7 Å². The first-order valence-electron chi connectivity index (χ1n) is 13.6. The second kappa shape index (κ2) is 18.8. The van der Waals surface area contributed by atoms with Gasteiger partial charge in [0.15, 0.2) is 0 Å². The predicted molar refractivity (Wildman–Crippen MR) is 159 cm³/mol. The fraction of sp³-hybridized carbons (Fsp3) is 0.483. The van der Waals surface area contributed by atoms with Crippen LogP contribution in [0.3, 0.4) is 0 Å². The molecular weight excluding hydrogens is 478 g/mol. The third kappa shape index (κ3) is 12.7. The molecule has 0 aliphatic heterocycles. The summed E-state index contributed by atoms with van der Waals surface area (Å²) in [6.45, 7) is 16.5. The van der Waals surface area contributed by atoms with E-state index in [0.29, 0.717) is 13.2 Å². The molecular formula is C29H45N7O2. The molecule has 9 heteroatoms. The van der Waals surface area contributed by atoms with Gasteiger partial charge in [-0.25, -0.2) is 5.43 Å². The lowest BCUT2D eigenvalue weighted by Gasteiger charge is -2.17. The number of guanidine groups is 1. The Kier molecular flexibility index (Phi) is 15.2. The SMILES string of the molecule is CCN(CC)CCCOc1ccc(/C=N/N=C(\N)N/N=C/c2ccc(OCCCN(CC)CC)cc2)cc1. The van der Waals surface area contributed by atoms with E-state index in [1.807, 2.05) is 48.5 Å². The highest BCUT2D eigenvalue weighted by Gasteiger charge is 2.01. The van der Waals surface area contributed by atoms with E-state index >= 15 is 0 Å². The van der Waals surface area contributed by atoms with Gasteiger partial charge in [-0.3, -0.25) is 0 Å².